The number of likely N-dealkylation sites (tertiary alicyclic amines) is 1. The van der Waals surface area contributed by atoms with Crippen molar-refractivity contribution in [3.8, 4) is 12.3 Å². The first-order chi connectivity index (χ1) is 8.55. The predicted octanol–water partition coefficient (Wildman–Crippen LogP) is 1.30. The molecule has 2 N–H and O–H groups in total. The van der Waals surface area contributed by atoms with Gasteiger partial charge < -0.3 is 15.3 Å². The molecule has 5 heteroatoms. The number of carboxylic acid groups (broad SMARTS) is 1. The number of carbonyl (C=O) groups excluding carboxylic acids is 1. The Balaban J connectivity index is 2.56. The second-order valence-corrected chi connectivity index (χ2v) is 4.69. The summed E-state index contributed by atoms with van der Waals surface area (Å²) < 4.78 is 0. The first-order valence-corrected chi connectivity index (χ1v) is 6.25. The van der Waals surface area contributed by atoms with Crippen LogP contribution in [-0.4, -0.2) is 41.6 Å². The molecule has 0 saturated carbocycles. The molecule has 0 aromatic carbocycles. The smallest absolute Gasteiger partial charge is 0.318 e. The standard InChI is InChI=1S/C13H20N2O3/c1-3-5-13(11(16)17)6-9-15(10-7-13)12(18)14-8-4-2/h2H,3,5-10H2,1H3,(H,14,18)(H,16,17). The fraction of sp³-hybridized carbons (Fsp3) is 0.692. The maximum atomic E-state index is 11.7. The Labute approximate surface area is 108 Å². The number of aliphatic carboxylic acids is 1. The molecule has 2 amide bonds. The molecule has 1 heterocycles. The number of piperidine rings is 1. The fourth-order valence-corrected chi connectivity index (χ4v) is 2.43. The molecule has 1 fully saturated rings. The van der Waals surface area contributed by atoms with E-state index in [0.717, 1.165) is 6.42 Å². The lowest BCUT2D eigenvalue weighted by molar-refractivity contribution is -0.152. The minimum Gasteiger partial charge on any atom is -0.481 e. The van der Waals surface area contributed by atoms with Crippen LogP contribution in [0.15, 0.2) is 0 Å². The van der Waals surface area contributed by atoms with Crippen molar-refractivity contribution in [3.63, 3.8) is 0 Å². The zero-order chi connectivity index (χ0) is 13.6. The normalized spacial score (nSPS) is 17.9. The summed E-state index contributed by atoms with van der Waals surface area (Å²) in [6.45, 7) is 3.14. The van der Waals surface area contributed by atoms with Crippen LogP contribution in [-0.2, 0) is 4.79 Å². The highest BCUT2D eigenvalue weighted by molar-refractivity contribution is 5.77. The zero-order valence-corrected chi connectivity index (χ0v) is 10.7. The van der Waals surface area contributed by atoms with Gasteiger partial charge in [0.05, 0.1) is 12.0 Å². The Morgan fingerprint density at radius 2 is 2.06 bits per heavy atom. The molecule has 18 heavy (non-hydrogen) atoms. The van der Waals surface area contributed by atoms with Gasteiger partial charge in [-0.3, -0.25) is 4.79 Å². The molecule has 0 unspecified atom stereocenters. The van der Waals surface area contributed by atoms with Crippen molar-refractivity contribution < 1.29 is 14.7 Å². The summed E-state index contributed by atoms with van der Waals surface area (Å²) in [6.07, 6.45) is 7.61. The molecule has 1 rings (SSSR count). The average Bonchev–Trinajstić information content (AvgIpc) is 2.37. The van der Waals surface area contributed by atoms with Crippen molar-refractivity contribution >= 4 is 12.0 Å². The van der Waals surface area contributed by atoms with Crippen molar-refractivity contribution in [2.24, 2.45) is 5.41 Å². The Morgan fingerprint density at radius 3 is 2.50 bits per heavy atom. The number of carbonyl (C=O) groups is 2. The van der Waals surface area contributed by atoms with Gasteiger partial charge in [0.1, 0.15) is 0 Å². The van der Waals surface area contributed by atoms with Gasteiger partial charge >= 0.3 is 12.0 Å². The van der Waals surface area contributed by atoms with Crippen molar-refractivity contribution in [2.75, 3.05) is 19.6 Å². The van der Waals surface area contributed by atoms with E-state index in [4.69, 9.17) is 6.42 Å². The maximum Gasteiger partial charge on any atom is 0.318 e. The van der Waals surface area contributed by atoms with E-state index in [1.54, 1.807) is 4.90 Å². The molecule has 0 aromatic heterocycles. The van der Waals surface area contributed by atoms with Gasteiger partial charge in [-0.25, -0.2) is 4.79 Å². The molecule has 1 saturated heterocycles. The second kappa shape index (κ2) is 6.29. The van der Waals surface area contributed by atoms with Crippen LogP contribution < -0.4 is 5.32 Å². The molecule has 0 spiro atoms. The van der Waals surface area contributed by atoms with Crippen LogP contribution in [0.5, 0.6) is 0 Å². The van der Waals surface area contributed by atoms with Crippen molar-refractivity contribution in [2.45, 2.75) is 32.6 Å². The number of hydrogen-bond donors (Lipinski definition) is 2. The summed E-state index contributed by atoms with van der Waals surface area (Å²) in [5.74, 6) is 1.60. The third-order valence-corrected chi connectivity index (χ3v) is 3.53. The van der Waals surface area contributed by atoms with Gasteiger partial charge in [0.15, 0.2) is 0 Å². The van der Waals surface area contributed by atoms with Gasteiger partial charge in [0, 0.05) is 13.1 Å². The third kappa shape index (κ3) is 3.16. The lowest BCUT2D eigenvalue weighted by atomic mass is 9.75. The minimum atomic E-state index is -0.743. The highest BCUT2D eigenvalue weighted by Gasteiger charge is 2.41. The number of terminal acetylenes is 1. The molecule has 0 aliphatic carbocycles. The van der Waals surface area contributed by atoms with Crippen LogP contribution in [0.1, 0.15) is 32.6 Å². The van der Waals surface area contributed by atoms with Crippen LogP contribution in [0.2, 0.25) is 0 Å². The molecule has 0 radical (unpaired) electrons. The van der Waals surface area contributed by atoms with E-state index in [9.17, 15) is 14.7 Å². The van der Waals surface area contributed by atoms with Crippen molar-refractivity contribution in [3.05, 3.63) is 0 Å². The van der Waals surface area contributed by atoms with E-state index in [1.165, 1.54) is 0 Å². The number of hydrogen-bond acceptors (Lipinski definition) is 2. The van der Waals surface area contributed by atoms with E-state index >= 15 is 0 Å². The molecule has 0 bridgehead atoms. The van der Waals surface area contributed by atoms with Crippen LogP contribution in [0.4, 0.5) is 4.79 Å². The SMILES string of the molecule is C#CCNC(=O)N1CCC(CCC)(C(=O)O)CC1. The van der Waals surface area contributed by atoms with Gasteiger partial charge in [-0.1, -0.05) is 19.3 Å². The lowest BCUT2D eigenvalue weighted by Gasteiger charge is -2.38. The predicted molar refractivity (Wildman–Crippen MR) is 68.0 cm³/mol. The topological polar surface area (TPSA) is 69.6 Å². The first-order valence-electron chi connectivity index (χ1n) is 6.25. The highest BCUT2D eigenvalue weighted by Crippen LogP contribution is 2.36. The summed E-state index contributed by atoms with van der Waals surface area (Å²) in [6, 6.07) is -0.205. The number of nitrogens with one attached hydrogen (secondary N) is 1. The van der Waals surface area contributed by atoms with Crippen molar-refractivity contribution in [1.82, 2.24) is 10.2 Å². The van der Waals surface area contributed by atoms with Crippen LogP contribution in [0.3, 0.4) is 0 Å². The van der Waals surface area contributed by atoms with Crippen LogP contribution in [0, 0.1) is 17.8 Å². The first kappa shape index (κ1) is 14.4. The van der Waals surface area contributed by atoms with Gasteiger partial charge in [0.2, 0.25) is 0 Å². The number of nitrogens with zero attached hydrogens (tertiary/aromatic N) is 1. The van der Waals surface area contributed by atoms with E-state index in [2.05, 4.69) is 11.2 Å². The fourth-order valence-electron chi connectivity index (χ4n) is 2.43. The number of urea groups is 1. The summed E-state index contributed by atoms with van der Waals surface area (Å²) in [4.78, 5) is 24.7. The summed E-state index contributed by atoms with van der Waals surface area (Å²) in [5.41, 5.74) is -0.655. The van der Waals surface area contributed by atoms with Gasteiger partial charge in [-0.15, -0.1) is 6.42 Å². The Hall–Kier alpha value is -1.70. The van der Waals surface area contributed by atoms with Gasteiger partial charge in [-0.05, 0) is 19.3 Å². The van der Waals surface area contributed by atoms with Crippen LogP contribution >= 0.6 is 0 Å². The van der Waals surface area contributed by atoms with E-state index in [1.807, 2.05) is 6.92 Å². The van der Waals surface area contributed by atoms with E-state index in [0.29, 0.717) is 32.4 Å². The molecule has 0 aromatic rings. The Bertz CT molecular complexity index is 352. The molecular formula is C13H20N2O3. The summed E-state index contributed by atoms with van der Waals surface area (Å²) >= 11 is 0. The number of amides is 2. The highest BCUT2D eigenvalue weighted by atomic mass is 16.4. The van der Waals surface area contributed by atoms with Crippen LogP contribution in [0.25, 0.3) is 0 Å². The van der Waals surface area contributed by atoms with Gasteiger partial charge in [-0.2, -0.15) is 0 Å². The summed E-state index contributed by atoms with van der Waals surface area (Å²) in [7, 11) is 0. The van der Waals surface area contributed by atoms with Crippen molar-refractivity contribution in [1.29, 1.82) is 0 Å². The number of rotatable bonds is 4. The number of carboxylic acids is 1. The molecular weight excluding hydrogens is 232 g/mol. The Kier molecular flexibility index (Phi) is 5.02. The van der Waals surface area contributed by atoms with Gasteiger partial charge in [0.25, 0.3) is 0 Å². The van der Waals surface area contributed by atoms with E-state index in [-0.39, 0.29) is 12.6 Å². The quantitative estimate of drug-likeness (QED) is 0.741. The molecule has 0 atom stereocenters. The van der Waals surface area contributed by atoms with E-state index < -0.39 is 11.4 Å². The monoisotopic (exact) mass is 252 g/mol. The zero-order valence-electron chi connectivity index (χ0n) is 10.7. The Morgan fingerprint density at radius 1 is 1.44 bits per heavy atom. The summed E-state index contributed by atoms with van der Waals surface area (Å²) in [5, 5.41) is 11.9. The average molecular weight is 252 g/mol. The maximum absolute atomic E-state index is 11.7. The third-order valence-electron chi connectivity index (χ3n) is 3.53. The lowest BCUT2D eigenvalue weighted by Crippen LogP contribution is -2.49. The second-order valence-electron chi connectivity index (χ2n) is 4.69. The molecule has 1 aliphatic heterocycles. The molecule has 100 valence electrons. The minimum absolute atomic E-state index is 0.203. The largest absolute Gasteiger partial charge is 0.481 e. The molecule has 5 nitrogen and oxygen atoms in total. The molecule has 1 aliphatic rings.